The van der Waals surface area contributed by atoms with Crippen molar-refractivity contribution in [2.24, 2.45) is 0 Å². The largest absolute Gasteiger partial charge is 0.610 e. The van der Waals surface area contributed by atoms with Gasteiger partial charge in [0.15, 0.2) is 5.78 Å². The second kappa shape index (κ2) is 9.28. The molecule has 2 heterocycles. The standard InChI is InChI=1S/C25H24N2O2S/c1-19-24(25(28)20-11-3-2-4-12-20)21-13-5-6-14-22(21)27(19)17-9-10-18-30(29)23-15-7-8-16-26-23/h2-8,11-16H,9-10,17-18H2,1H3. The normalized spacial score (nSPS) is 12.2. The summed E-state index contributed by atoms with van der Waals surface area (Å²) >= 11 is -1.08. The van der Waals surface area contributed by atoms with Crippen molar-refractivity contribution in [1.82, 2.24) is 9.55 Å². The van der Waals surface area contributed by atoms with Crippen molar-refractivity contribution in [2.75, 3.05) is 5.75 Å². The molecule has 2 aromatic carbocycles. The zero-order chi connectivity index (χ0) is 20.9. The first-order valence-electron chi connectivity index (χ1n) is 10.1. The van der Waals surface area contributed by atoms with Gasteiger partial charge in [0.25, 0.3) is 0 Å². The van der Waals surface area contributed by atoms with E-state index >= 15 is 0 Å². The van der Waals surface area contributed by atoms with Crippen LogP contribution in [-0.2, 0) is 17.7 Å². The number of carbonyl (C=O) groups excluding carboxylic acids is 1. The average molecular weight is 417 g/mol. The first-order chi connectivity index (χ1) is 14.7. The number of rotatable bonds is 8. The summed E-state index contributed by atoms with van der Waals surface area (Å²) in [4.78, 5) is 17.4. The Morgan fingerprint density at radius 3 is 2.47 bits per heavy atom. The van der Waals surface area contributed by atoms with Gasteiger partial charge in [-0.25, -0.2) is 4.98 Å². The first-order valence-corrected chi connectivity index (χ1v) is 11.5. The summed E-state index contributed by atoms with van der Waals surface area (Å²) in [6.07, 6.45) is 3.39. The molecule has 0 bridgehead atoms. The molecule has 5 heteroatoms. The van der Waals surface area contributed by atoms with E-state index in [0.717, 1.165) is 41.5 Å². The van der Waals surface area contributed by atoms with E-state index in [2.05, 4.69) is 15.6 Å². The maximum Gasteiger partial charge on any atom is 0.244 e. The van der Waals surface area contributed by atoms with Gasteiger partial charge in [0.1, 0.15) is 5.75 Å². The van der Waals surface area contributed by atoms with Crippen molar-refractivity contribution in [1.29, 1.82) is 0 Å². The summed E-state index contributed by atoms with van der Waals surface area (Å²) < 4.78 is 14.6. The Balaban J connectivity index is 1.52. The van der Waals surface area contributed by atoms with E-state index in [4.69, 9.17) is 0 Å². The second-order valence-corrected chi connectivity index (χ2v) is 8.77. The highest BCUT2D eigenvalue weighted by Gasteiger charge is 2.21. The van der Waals surface area contributed by atoms with Crippen LogP contribution in [0.5, 0.6) is 0 Å². The molecular weight excluding hydrogens is 392 g/mol. The van der Waals surface area contributed by atoms with Crippen molar-refractivity contribution in [3.63, 3.8) is 0 Å². The number of carbonyl (C=O) groups is 1. The number of ketones is 1. The summed E-state index contributed by atoms with van der Waals surface area (Å²) in [5, 5.41) is 1.62. The Labute approximate surface area is 179 Å². The van der Waals surface area contributed by atoms with Crippen LogP contribution in [0, 0.1) is 6.92 Å². The third-order valence-corrected chi connectivity index (χ3v) is 6.69. The smallest absolute Gasteiger partial charge is 0.244 e. The molecule has 0 radical (unpaired) electrons. The number of unbranched alkanes of at least 4 members (excludes halogenated alkanes) is 1. The number of benzene rings is 2. The number of para-hydroxylation sites is 1. The highest BCUT2D eigenvalue weighted by molar-refractivity contribution is 7.91. The predicted molar refractivity (Wildman–Crippen MR) is 121 cm³/mol. The average Bonchev–Trinajstić information content (AvgIpc) is 3.08. The monoisotopic (exact) mass is 416 g/mol. The van der Waals surface area contributed by atoms with Crippen molar-refractivity contribution < 1.29 is 9.35 Å². The minimum atomic E-state index is -1.08. The van der Waals surface area contributed by atoms with Crippen LogP contribution in [0.2, 0.25) is 0 Å². The number of aromatic nitrogens is 2. The molecule has 30 heavy (non-hydrogen) atoms. The maximum absolute atomic E-state index is 13.2. The van der Waals surface area contributed by atoms with Crippen molar-refractivity contribution in [3.8, 4) is 0 Å². The van der Waals surface area contributed by atoms with E-state index in [1.807, 2.05) is 67.6 Å². The number of fused-ring (bicyclic) bond motifs is 1. The minimum Gasteiger partial charge on any atom is -0.610 e. The number of pyridine rings is 1. The topological polar surface area (TPSA) is 58.0 Å². The highest BCUT2D eigenvalue weighted by atomic mass is 32.2. The van der Waals surface area contributed by atoms with Crippen LogP contribution in [0.15, 0.2) is 84.0 Å². The molecule has 0 spiro atoms. The van der Waals surface area contributed by atoms with Crippen LogP contribution in [0.1, 0.15) is 34.5 Å². The van der Waals surface area contributed by atoms with Gasteiger partial charge in [-0.15, -0.1) is 0 Å². The lowest BCUT2D eigenvalue weighted by molar-refractivity contribution is 0.103. The van der Waals surface area contributed by atoms with Crippen LogP contribution in [0.25, 0.3) is 10.9 Å². The molecule has 0 amide bonds. The highest BCUT2D eigenvalue weighted by Crippen LogP contribution is 2.28. The van der Waals surface area contributed by atoms with E-state index < -0.39 is 11.2 Å². The van der Waals surface area contributed by atoms with Gasteiger partial charge in [-0.1, -0.05) is 54.6 Å². The predicted octanol–water partition coefficient (Wildman–Crippen LogP) is 5.16. The fourth-order valence-corrected chi connectivity index (χ4v) is 4.91. The van der Waals surface area contributed by atoms with E-state index in [0.29, 0.717) is 16.3 Å². The molecule has 4 aromatic rings. The van der Waals surface area contributed by atoms with Crippen molar-refractivity contribution in [2.45, 2.75) is 31.3 Å². The Morgan fingerprint density at radius 2 is 1.70 bits per heavy atom. The fraction of sp³-hybridized carbons (Fsp3) is 0.200. The Morgan fingerprint density at radius 1 is 0.967 bits per heavy atom. The molecule has 0 aliphatic carbocycles. The molecule has 152 valence electrons. The number of nitrogens with zero attached hydrogens (tertiary/aromatic N) is 2. The van der Waals surface area contributed by atoms with Gasteiger partial charge in [0.05, 0.1) is 5.56 Å². The maximum atomic E-state index is 13.2. The molecule has 0 aliphatic rings. The molecule has 0 aliphatic heterocycles. The van der Waals surface area contributed by atoms with E-state index in [1.54, 1.807) is 12.3 Å². The van der Waals surface area contributed by atoms with Gasteiger partial charge in [0.2, 0.25) is 5.03 Å². The third kappa shape index (κ3) is 4.18. The van der Waals surface area contributed by atoms with Gasteiger partial charge in [-0.2, -0.15) is 0 Å². The zero-order valence-electron chi connectivity index (χ0n) is 17.0. The fourth-order valence-electron chi connectivity index (χ4n) is 3.83. The van der Waals surface area contributed by atoms with Crippen LogP contribution in [0.4, 0.5) is 0 Å². The molecule has 2 aromatic heterocycles. The molecule has 4 nitrogen and oxygen atoms in total. The number of hydrogen-bond donors (Lipinski definition) is 0. The Bertz CT molecular complexity index is 1140. The van der Waals surface area contributed by atoms with Gasteiger partial charge in [-0.3, -0.25) is 4.79 Å². The number of aryl methyl sites for hydroxylation is 1. The molecular formula is C25H24N2O2S. The van der Waals surface area contributed by atoms with E-state index in [1.165, 1.54) is 0 Å². The van der Waals surface area contributed by atoms with E-state index in [-0.39, 0.29) is 5.78 Å². The molecule has 4 rings (SSSR count). The van der Waals surface area contributed by atoms with Crippen LogP contribution in [-0.4, -0.2) is 25.6 Å². The van der Waals surface area contributed by atoms with E-state index in [9.17, 15) is 9.35 Å². The SMILES string of the molecule is Cc1c(C(=O)c2ccccc2)c2ccccc2n1CCCC[S+]([O-])c1ccccn1. The van der Waals surface area contributed by atoms with Gasteiger partial charge in [-0.05, 0) is 31.9 Å². The lowest BCUT2D eigenvalue weighted by Crippen LogP contribution is -2.10. The Hall–Kier alpha value is -2.89. The van der Waals surface area contributed by atoms with Gasteiger partial charge in [0, 0.05) is 52.1 Å². The van der Waals surface area contributed by atoms with Crippen LogP contribution < -0.4 is 0 Å². The molecule has 1 atom stereocenters. The summed E-state index contributed by atoms with van der Waals surface area (Å²) in [6, 6.07) is 23.0. The number of hydrogen-bond acceptors (Lipinski definition) is 3. The molecule has 0 saturated heterocycles. The first kappa shape index (κ1) is 20.4. The lowest BCUT2D eigenvalue weighted by atomic mass is 10.0. The quantitative estimate of drug-likeness (QED) is 0.226. The van der Waals surface area contributed by atoms with Gasteiger partial charge >= 0.3 is 0 Å². The van der Waals surface area contributed by atoms with Crippen molar-refractivity contribution in [3.05, 3.63) is 95.8 Å². The molecule has 0 N–H and O–H groups in total. The summed E-state index contributed by atoms with van der Waals surface area (Å²) in [6.45, 7) is 2.80. The molecule has 0 fully saturated rings. The summed E-state index contributed by atoms with van der Waals surface area (Å²) in [7, 11) is 0. The second-order valence-electron chi connectivity index (χ2n) is 7.25. The lowest BCUT2D eigenvalue weighted by Gasteiger charge is -2.11. The third-order valence-electron chi connectivity index (χ3n) is 5.33. The van der Waals surface area contributed by atoms with Crippen molar-refractivity contribution >= 4 is 27.9 Å². The molecule has 0 saturated carbocycles. The minimum absolute atomic E-state index is 0.0549. The van der Waals surface area contributed by atoms with Crippen LogP contribution in [0.3, 0.4) is 0 Å². The van der Waals surface area contributed by atoms with Crippen LogP contribution >= 0.6 is 0 Å². The van der Waals surface area contributed by atoms with Gasteiger partial charge < -0.3 is 9.12 Å². The summed E-state index contributed by atoms with van der Waals surface area (Å²) in [5.74, 6) is 0.643. The zero-order valence-corrected chi connectivity index (χ0v) is 17.8. The summed E-state index contributed by atoms with van der Waals surface area (Å²) in [5.41, 5.74) is 3.53. The Kier molecular flexibility index (Phi) is 6.31. The molecule has 1 unspecified atom stereocenters.